The molecular weight excluding hydrogens is 1100 g/mol. The molecule has 0 aromatic heterocycles. The first kappa shape index (κ1) is 59.5. The SMILES string of the molecule is CCOc1cccc(N=C([O-])c2cc3ccccc3c(N=Nc3cc(S(=O)(=O)O)cc(Cl)c3CC)c2[O-])c1.CCOc1cccc(NC(=O)c2cc3ccccc3c(N=Nc3cc(S(=O)(=O)O)cc(Cl)c3CC)c2O)c1.[Ca+2]. The van der Waals surface area contributed by atoms with Gasteiger partial charge in [0, 0.05) is 38.6 Å². The number of phenols is 1. The van der Waals surface area contributed by atoms with Gasteiger partial charge in [0.2, 0.25) is 0 Å². The molecule has 0 aliphatic heterocycles. The van der Waals surface area contributed by atoms with Crippen LogP contribution in [0.2, 0.25) is 10.0 Å². The maximum atomic E-state index is 13.4. The first-order chi connectivity index (χ1) is 36.2. The van der Waals surface area contributed by atoms with E-state index in [1.165, 1.54) is 6.07 Å². The number of phenolic OH excluding ortho intramolecular Hbond substituents is 1. The molecule has 8 rings (SSSR count). The zero-order chi connectivity index (χ0) is 54.9. The van der Waals surface area contributed by atoms with Crippen molar-refractivity contribution in [2.45, 2.75) is 50.3 Å². The van der Waals surface area contributed by atoms with Crippen molar-refractivity contribution in [2.24, 2.45) is 25.4 Å². The third-order valence-corrected chi connectivity index (χ3v) is 13.7. The summed E-state index contributed by atoms with van der Waals surface area (Å²) in [5, 5.41) is 59.3. The summed E-state index contributed by atoms with van der Waals surface area (Å²) in [6, 6.07) is 34.8. The number of rotatable bonds is 16. The van der Waals surface area contributed by atoms with Crippen molar-refractivity contribution in [3.8, 4) is 23.0 Å². The van der Waals surface area contributed by atoms with Crippen molar-refractivity contribution in [1.82, 2.24) is 0 Å². The van der Waals surface area contributed by atoms with Crippen LogP contribution in [-0.2, 0) is 33.1 Å². The van der Waals surface area contributed by atoms with Crippen molar-refractivity contribution < 1.29 is 55.5 Å². The molecule has 0 saturated carbocycles. The molecule has 8 aromatic rings. The van der Waals surface area contributed by atoms with E-state index in [4.69, 9.17) is 32.7 Å². The number of nitrogens with zero attached hydrogens (tertiary/aromatic N) is 5. The van der Waals surface area contributed by atoms with Gasteiger partial charge in [0.05, 0.1) is 51.3 Å². The van der Waals surface area contributed by atoms with Gasteiger partial charge >= 0.3 is 37.7 Å². The number of aliphatic imine (C=N–C) groups is 1. The molecule has 23 heteroatoms. The van der Waals surface area contributed by atoms with Crippen LogP contribution in [0.4, 0.5) is 34.1 Å². The van der Waals surface area contributed by atoms with E-state index in [2.05, 4.69) is 30.8 Å². The second kappa shape index (κ2) is 26.1. The molecule has 0 unspecified atom stereocenters. The van der Waals surface area contributed by atoms with Gasteiger partial charge in [-0.25, -0.2) is 0 Å². The van der Waals surface area contributed by atoms with E-state index < -0.39 is 53.3 Å². The fourth-order valence-corrected chi connectivity index (χ4v) is 9.63. The smallest absolute Gasteiger partial charge is 0.871 e. The number of halogens is 2. The number of fused-ring (bicyclic) bond motifs is 2. The maximum Gasteiger partial charge on any atom is 2.00 e. The minimum absolute atomic E-state index is 0. The van der Waals surface area contributed by atoms with Gasteiger partial charge in [0.1, 0.15) is 17.2 Å². The first-order valence-corrected chi connectivity index (χ1v) is 26.8. The van der Waals surface area contributed by atoms with Gasteiger partial charge in [-0.15, -0.1) is 5.11 Å². The first-order valence-electron chi connectivity index (χ1n) is 23.2. The van der Waals surface area contributed by atoms with Crippen LogP contribution in [0.5, 0.6) is 23.0 Å². The monoisotopic (exact) mass is 1140 g/mol. The van der Waals surface area contributed by atoms with Crippen LogP contribution < -0.4 is 25.0 Å². The number of hydrogen-bond donors (Lipinski definition) is 4. The van der Waals surface area contributed by atoms with Gasteiger partial charge in [0.15, 0.2) is 5.75 Å². The molecule has 0 saturated heterocycles. The van der Waals surface area contributed by atoms with E-state index in [-0.39, 0.29) is 81.7 Å². The number of carbonyl (C=O) groups is 1. The fourth-order valence-electron chi connectivity index (χ4n) is 7.75. The Morgan fingerprint density at radius 2 is 1.09 bits per heavy atom. The van der Waals surface area contributed by atoms with Crippen LogP contribution in [0.25, 0.3) is 21.5 Å². The predicted octanol–water partition coefficient (Wildman–Crippen LogP) is 12.3. The second-order valence-corrected chi connectivity index (χ2v) is 19.9. The van der Waals surface area contributed by atoms with E-state index in [9.17, 15) is 46.1 Å². The van der Waals surface area contributed by atoms with E-state index in [1.54, 1.807) is 117 Å². The predicted molar refractivity (Wildman–Crippen MR) is 294 cm³/mol. The molecule has 0 spiro atoms. The van der Waals surface area contributed by atoms with Crippen molar-refractivity contribution in [2.75, 3.05) is 18.5 Å². The van der Waals surface area contributed by atoms with Crippen LogP contribution in [0.3, 0.4) is 0 Å². The molecule has 0 atom stereocenters. The summed E-state index contributed by atoms with van der Waals surface area (Å²) in [5.74, 6) is -1.34. The largest absolute Gasteiger partial charge is 2.00 e. The van der Waals surface area contributed by atoms with Gasteiger partial charge in [-0.3, -0.25) is 18.9 Å². The number of carbonyl (C=O) groups excluding carboxylic acids is 1. The van der Waals surface area contributed by atoms with Crippen LogP contribution in [-0.4, -0.2) is 93.8 Å². The summed E-state index contributed by atoms with van der Waals surface area (Å²) in [4.78, 5) is 16.4. The average Bonchev–Trinajstić information content (AvgIpc) is 3.38. The van der Waals surface area contributed by atoms with Gasteiger partial charge in [-0.1, -0.05) is 103 Å². The number of benzene rings is 8. The van der Waals surface area contributed by atoms with E-state index >= 15 is 0 Å². The van der Waals surface area contributed by atoms with Crippen LogP contribution >= 0.6 is 23.2 Å². The maximum absolute atomic E-state index is 13.4. The summed E-state index contributed by atoms with van der Waals surface area (Å²) in [5.41, 5.74) is 1.54. The molecule has 1 amide bonds. The minimum Gasteiger partial charge on any atom is -0.871 e. The number of hydrogen-bond acceptors (Lipinski definition) is 15. The van der Waals surface area contributed by atoms with Crippen molar-refractivity contribution in [3.63, 3.8) is 0 Å². The summed E-state index contributed by atoms with van der Waals surface area (Å²) in [6.45, 7) is 8.18. The molecule has 0 aliphatic carbocycles. The molecule has 8 aromatic carbocycles. The van der Waals surface area contributed by atoms with Crippen LogP contribution in [0, 0.1) is 0 Å². The van der Waals surface area contributed by atoms with Crippen molar-refractivity contribution >= 4 is 149 Å². The zero-order valence-corrected chi connectivity index (χ0v) is 46.9. The van der Waals surface area contributed by atoms with E-state index in [0.29, 0.717) is 81.6 Å². The molecule has 392 valence electrons. The molecule has 4 N–H and O–H groups in total. The quantitative estimate of drug-likeness (QED) is 0.0231. The topological polar surface area (TPSA) is 284 Å². The number of azo groups is 2. The van der Waals surface area contributed by atoms with Crippen LogP contribution in [0.15, 0.2) is 169 Å². The van der Waals surface area contributed by atoms with Gasteiger partial charge in [0.25, 0.3) is 26.1 Å². The molecule has 0 fully saturated rings. The normalized spacial score (nSPS) is 11.9. The molecular formula is C54H46CaCl2N6O12S2. The fraction of sp³-hybridized carbons (Fsp3) is 0.148. The summed E-state index contributed by atoms with van der Waals surface area (Å²) in [6.07, 6.45) is 0.775. The average molecular weight is 1150 g/mol. The van der Waals surface area contributed by atoms with Gasteiger partial charge in [-0.2, -0.15) is 32.2 Å². The Morgan fingerprint density at radius 1 is 0.610 bits per heavy atom. The summed E-state index contributed by atoms with van der Waals surface area (Å²) >= 11 is 12.5. The molecule has 0 heterocycles. The van der Waals surface area contributed by atoms with E-state index in [1.807, 2.05) is 13.8 Å². The Morgan fingerprint density at radius 3 is 1.61 bits per heavy atom. The Hall–Kier alpha value is -6.72. The Labute approximate surface area is 483 Å². The number of anilines is 1. The van der Waals surface area contributed by atoms with Gasteiger partial charge < -0.3 is 30.1 Å². The number of aromatic hydroxyl groups is 1. The molecule has 77 heavy (non-hydrogen) atoms. The molecule has 0 bridgehead atoms. The Kier molecular flexibility index (Phi) is 20.2. The third-order valence-electron chi connectivity index (χ3n) is 11.3. The molecule has 0 aliphatic rings. The second-order valence-electron chi connectivity index (χ2n) is 16.3. The molecule has 0 radical (unpaired) electrons. The Bertz CT molecular complexity index is 3860. The van der Waals surface area contributed by atoms with Crippen LogP contribution in [0.1, 0.15) is 54.7 Å². The van der Waals surface area contributed by atoms with Crippen molar-refractivity contribution in [1.29, 1.82) is 0 Å². The summed E-state index contributed by atoms with van der Waals surface area (Å²) in [7, 11) is -9.12. The number of nitrogens with one attached hydrogen (secondary N) is 1. The standard InChI is InChI=1S/2C27H24ClN3O6S.Ca/c2*1-3-20-23(28)14-19(38(34,35)36)15-24(20)30-31-25-21-11-6-5-8-16(21)12-22(26(25)32)27(33)29-17-9-7-10-18(13-17)37-4-2;/h2*5-15,32H,3-4H2,1-2H3,(H,29,33)(H,34,35,36);/q;;+2/p-2. The third kappa shape index (κ3) is 14.5. The van der Waals surface area contributed by atoms with Gasteiger partial charge in [-0.05, 0) is 121 Å². The number of ether oxygens (including phenoxy) is 2. The molecule has 18 nitrogen and oxygen atoms in total. The minimum atomic E-state index is -4.57. The van der Waals surface area contributed by atoms with E-state index in [0.717, 1.165) is 24.3 Å². The Balaban J connectivity index is 0.000000246. The zero-order valence-electron chi connectivity index (χ0n) is 41.6. The van der Waals surface area contributed by atoms with Crippen molar-refractivity contribution in [3.05, 3.63) is 166 Å². The number of amides is 1. The summed E-state index contributed by atoms with van der Waals surface area (Å²) < 4.78 is 76.6.